The monoisotopic (exact) mass is 249 g/mol. The Labute approximate surface area is 109 Å². The molecule has 0 saturated heterocycles. The molecule has 0 radical (unpaired) electrons. The van der Waals surface area contributed by atoms with Crippen LogP contribution in [0.5, 0.6) is 0 Å². The molecule has 1 rings (SSSR count). The highest BCUT2D eigenvalue weighted by atomic mass is 16.3. The predicted molar refractivity (Wildman–Crippen MR) is 73.5 cm³/mol. The molecule has 18 heavy (non-hydrogen) atoms. The second-order valence-corrected chi connectivity index (χ2v) is 4.75. The summed E-state index contributed by atoms with van der Waals surface area (Å²) in [5, 5.41) is 11.9. The SMILES string of the molecule is CCC(CO)C(=O)NCCc1ccc(C)c(C)c1. The summed E-state index contributed by atoms with van der Waals surface area (Å²) in [5.74, 6) is -0.325. The Bertz CT molecular complexity index is 397. The van der Waals surface area contributed by atoms with Crippen molar-refractivity contribution in [2.75, 3.05) is 13.2 Å². The van der Waals surface area contributed by atoms with Gasteiger partial charge in [-0.15, -0.1) is 0 Å². The number of rotatable bonds is 6. The second kappa shape index (κ2) is 7.17. The van der Waals surface area contributed by atoms with Crippen molar-refractivity contribution in [3.05, 3.63) is 34.9 Å². The number of aryl methyl sites for hydroxylation is 2. The van der Waals surface area contributed by atoms with Crippen molar-refractivity contribution in [2.24, 2.45) is 5.92 Å². The number of carbonyl (C=O) groups is 1. The molecule has 1 amide bonds. The maximum atomic E-state index is 11.6. The molecule has 1 aromatic carbocycles. The van der Waals surface area contributed by atoms with Gasteiger partial charge in [0.1, 0.15) is 0 Å². The van der Waals surface area contributed by atoms with E-state index in [4.69, 9.17) is 5.11 Å². The molecule has 0 aliphatic heterocycles. The number of benzene rings is 1. The Hall–Kier alpha value is -1.35. The Balaban J connectivity index is 2.41. The van der Waals surface area contributed by atoms with Crippen LogP contribution in [0.1, 0.15) is 30.0 Å². The van der Waals surface area contributed by atoms with Gasteiger partial charge < -0.3 is 10.4 Å². The van der Waals surface area contributed by atoms with E-state index in [2.05, 4.69) is 37.4 Å². The summed E-state index contributed by atoms with van der Waals surface area (Å²) in [6.45, 7) is 6.64. The van der Waals surface area contributed by atoms with Gasteiger partial charge in [-0.25, -0.2) is 0 Å². The Morgan fingerprint density at radius 3 is 2.61 bits per heavy atom. The largest absolute Gasteiger partial charge is 0.396 e. The average Bonchev–Trinajstić information content (AvgIpc) is 2.35. The Kier molecular flexibility index (Phi) is 5.86. The first-order chi connectivity index (χ1) is 8.58. The lowest BCUT2D eigenvalue weighted by atomic mass is 10.0. The highest BCUT2D eigenvalue weighted by molar-refractivity contribution is 5.78. The third-order valence-corrected chi connectivity index (χ3v) is 3.37. The molecule has 0 aromatic heterocycles. The van der Waals surface area contributed by atoms with Gasteiger partial charge in [-0.1, -0.05) is 25.1 Å². The highest BCUT2D eigenvalue weighted by Crippen LogP contribution is 2.10. The van der Waals surface area contributed by atoms with Gasteiger partial charge in [-0.2, -0.15) is 0 Å². The van der Waals surface area contributed by atoms with Crippen molar-refractivity contribution in [3.8, 4) is 0 Å². The van der Waals surface area contributed by atoms with Crippen molar-refractivity contribution in [3.63, 3.8) is 0 Å². The summed E-state index contributed by atoms with van der Waals surface area (Å²) < 4.78 is 0. The van der Waals surface area contributed by atoms with Gasteiger partial charge in [-0.05, 0) is 43.4 Å². The molecule has 100 valence electrons. The van der Waals surface area contributed by atoms with E-state index in [1.165, 1.54) is 16.7 Å². The molecule has 0 aliphatic rings. The van der Waals surface area contributed by atoms with Crippen LogP contribution >= 0.6 is 0 Å². The number of aliphatic hydroxyl groups is 1. The lowest BCUT2D eigenvalue weighted by Gasteiger charge is -2.12. The predicted octanol–water partition coefficient (Wildman–Crippen LogP) is 1.98. The van der Waals surface area contributed by atoms with Crippen LogP contribution in [-0.4, -0.2) is 24.2 Å². The molecule has 1 atom stereocenters. The van der Waals surface area contributed by atoms with Crippen LogP contribution in [-0.2, 0) is 11.2 Å². The van der Waals surface area contributed by atoms with Gasteiger partial charge in [0.25, 0.3) is 0 Å². The number of hydrogen-bond donors (Lipinski definition) is 2. The summed E-state index contributed by atoms with van der Waals surface area (Å²) >= 11 is 0. The van der Waals surface area contributed by atoms with Gasteiger partial charge in [0.15, 0.2) is 0 Å². The van der Waals surface area contributed by atoms with Crippen molar-refractivity contribution >= 4 is 5.91 Å². The summed E-state index contributed by atoms with van der Waals surface area (Å²) in [4.78, 5) is 11.6. The fourth-order valence-corrected chi connectivity index (χ4v) is 1.83. The molecule has 0 aliphatic carbocycles. The molecule has 0 heterocycles. The van der Waals surface area contributed by atoms with Gasteiger partial charge >= 0.3 is 0 Å². The molecule has 1 aromatic rings. The molecule has 0 saturated carbocycles. The van der Waals surface area contributed by atoms with Gasteiger partial charge in [0, 0.05) is 6.54 Å². The van der Waals surface area contributed by atoms with Crippen molar-refractivity contribution in [2.45, 2.75) is 33.6 Å². The van der Waals surface area contributed by atoms with E-state index in [9.17, 15) is 4.79 Å². The van der Waals surface area contributed by atoms with Crippen LogP contribution in [0.4, 0.5) is 0 Å². The Morgan fingerprint density at radius 1 is 1.33 bits per heavy atom. The van der Waals surface area contributed by atoms with Crippen LogP contribution in [0.25, 0.3) is 0 Å². The standard InChI is InChI=1S/C15H23NO2/c1-4-14(10-17)15(18)16-8-7-13-6-5-11(2)12(3)9-13/h5-6,9,14,17H,4,7-8,10H2,1-3H3,(H,16,18). The molecule has 3 nitrogen and oxygen atoms in total. The maximum Gasteiger partial charge on any atom is 0.225 e. The number of aliphatic hydroxyl groups excluding tert-OH is 1. The molecule has 2 N–H and O–H groups in total. The number of amides is 1. The molecular weight excluding hydrogens is 226 g/mol. The van der Waals surface area contributed by atoms with E-state index in [0.29, 0.717) is 13.0 Å². The van der Waals surface area contributed by atoms with Gasteiger partial charge in [0.05, 0.1) is 12.5 Å². The van der Waals surface area contributed by atoms with Crippen molar-refractivity contribution < 1.29 is 9.90 Å². The quantitative estimate of drug-likeness (QED) is 0.810. The maximum absolute atomic E-state index is 11.6. The minimum absolute atomic E-state index is 0.0520. The summed E-state index contributed by atoms with van der Waals surface area (Å²) in [5.41, 5.74) is 3.80. The number of carbonyl (C=O) groups excluding carboxylic acids is 1. The zero-order valence-electron chi connectivity index (χ0n) is 11.5. The Morgan fingerprint density at radius 2 is 2.06 bits per heavy atom. The van der Waals surface area contributed by atoms with Crippen LogP contribution in [0.15, 0.2) is 18.2 Å². The summed E-state index contributed by atoms with van der Waals surface area (Å²) in [6, 6.07) is 6.36. The molecule has 1 unspecified atom stereocenters. The molecule has 0 bridgehead atoms. The van der Waals surface area contributed by atoms with Crippen molar-refractivity contribution in [1.82, 2.24) is 5.32 Å². The normalized spacial score (nSPS) is 12.2. The van der Waals surface area contributed by atoms with E-state index in [1.54, 1.807) is 0 Å². The number of nitrogens with one attached hydrogen (secondary N) is 1. The molecular formula is C15H23NO2. The number of hydrogen-bond acceptors (Lipinski definition) is 2. The van der Waals surface area contributed by atoms with E-state index in [1.807, 2.05) is 6.92 Å². The smallest absolute Gasteiger partial charge is 0.225 e. The highest BCUT2D eigenvalue weighted by Gasteiger charge is 2.13. The van der Waals surface area contributed by atoms with E-state index in [-0.39, 0.29) is 18.4 Å². The summed E-state index contributed by atoms with van der Waals surface area (Å²) in [7, 11) is 0. The molecule has 0 fully saturated rings. The van der Waals surface area contributed by atoms with Crippen LogP contribution in [0, 0.1) is 19.8 Å². The first-order valence-corrected chi connectivity index (χ1v) is 6.53. The zero-order chi connectivity index (χ0) is 13.5. The first-order valence-electron chi connectivity index (χ1n) is 6.53. The lowest BCUT2D eigenvalue weighted by Crippen LogP contribution is -2.33. The first kappa shape index (κ1) is 14.7. The molecule has 3 heteroatoms. The molecule has 0 spiro atoms. The van der Waals surface area contributed by atoms with E-state index < -0.39 is 0 Å². The van der Waals surface area contributed by atoms with E-state index in [0.717, 1.165) is 6.42 Å². The minimum atomic E-state index is -0.273. The van der Waals surface area contributed by atoms with Gasteiger partial charge in [0.2, 0.25) is 5.91 Å². The second-order valence-electron chi connectivity index (χ2n) is 4.75. The van der Waals surface area contributed by atoms with Crippen LogP contribution in [0.2, 0.25) is 0 Å². The summed E-state index contributed by atoms with van der Waals surface area (Å²) in [6.07, 6.45) is 1.50. The zero-order valence-corrected chi connectivity index (χ0v) is 11.5. The van der Waals surface area contributed by atoms with Crippen LogP contribution in [0.3, 0.4) is 0 Å². The fourth-order valence-electron chi connectivity index (χ4n) is 1.83. The average molecular weight is 249 g/mol. The van der Waals surface area contributed by atoms with Gasteiger partial charge in [-0.3, -0.25) is 4.79 Å². The third kappa shape index (κ3) is 4.15. The lowest BCUT2D eigenvalue weighted by molar-refractivity contribution is -0.126. The minimum Gasteiger partial charge on any atom is -0.396 e. The van der Waals surface area contributed by atoms with Crippen LogP contribution < -0.4 is 5.32 Å². The van der Waals surface area contributed by atoms with Crippen molar-refractivity contribution in [1.29, 1.82) is 0 Å². The van der Waals surface area contributed by atoms with E-state index >= 15 is 0 Å². The topological polar surface area (TPSA) is 49.3 Å². The third-order valence-electron chi connectivity index (χ3n) is 3.37. The fraction of sp³-hybridized carbons (Fsp3) is 0.533.